The summed E-state index contributed by atoms with van der Waals surface area (Å²) in [5, 5.41) is 0. The number of nitrogen functional groups attached to an aromatic ring is 1. The van der Waals surface area contributed by atoms with Gasteiger partial charge in [-0.15, -0.1) is 11.3 Å². The predicted molar refractivity (Wildman–Crippen MR) is 77.6 cm³/mol. The molecule has 0 spiro atoms. The Morgan fingerprint density at radius 1 is 1.37 bits per heavy atom. The Labute approximate surface area is 117 Å². The summed E-state index contributed by atoms with van der Waals surface area (Å²) in [7, 11) is 1.64. The maximum atomic E-state index is 5.71. The Hall–Kier alpha value is -1.59. The number of aromatic nitrogens is 1. The molecule has 0 saturated heterocycles. The Kier molecular flexibility index (Phi) is 4.76. The molecule has 0 fully saturated rings. The highest BCUT2D eigenvalue weighted by Gasteiger charge is 2.05. The van der Waals surface area contributed by atoms with E-state index >= 15 is 0 Å². The molecule has 2 rings (SSSR count). The van der Waals surface area contributed by atoms with Crippen LogP contribution in [0.1, 0.15) is 16.1 Å². The number of nitrogens with two attached hydrogens (primary N) is 1. The number of benzene rings is 1. The Morgan fingerprint density at radius 2 is 2.21 bits per heavy atom. The molecule has 1 aromatic carbocycles. The van der Waals surface area contributed by atoms with Crippen LogP contribution in [-0.2, 0) is 17.8 Å². The summed E-state index contributed by atoms with van der Waals surface area (Å²) in [5.41, 5.74) is 10.4. The number of anilines is 1. The van der Waals surface area contributed by atoms with Gasteiger partial charge in [0.15, 0.2) is 0 Å². The summed E-state index contributed by atoms with van der Waals surface area (Å²) in [5.74, 6) is 0.772. The zero-order chi connectivity index (χ0) is 13.7. The maximum absolute atomic E-state index is 5.71. The van der Waals surface area contributed by atoms with Crippen molar-refractivity contribution in [2.45, 2.75) is 20.0 Å². The van der Waals surface area contributed by atoms with Crippen LogP contribution >= 0.6 is 11.3 Å². The second-order valence-corrected chi connectivity index (χ2v) is 5.17. The minimum Gasteiger partial charge on any atom is -0.496 e. The highest BCUT2D eigenvalue weighted by atomic mass is 32.1. The quantitative estimate of drug-likeness (QED) is 0.652. The lowest BCUT2D eigenvalue weighted by Gasteiger charge is -2.09. The van der Waals surface area contributed by atoms with Crippen molar-refractivity contribution in [3.8, 4) is 5.75 Å². The van der Waals surface area contributed by atoms with Gasteiger partial charge in [0.1, 0.15) is 5.75 Å². The minimum absolute atomic E-state index is 0.529. The van der Waals surface area contributed by atoms with Crippen LogP contribution < -0.4 is 10.5 Å². The second-order valence-electron chi connectivity index (χ2n) is 4.23. The molecule has 0 atom stereocenters. The molecule has 0 saturated carbocycles. The maximum Gasteiger partial charge on any atom is 0.126 e. The summed E-state index contributed by atoms with van der Waals surface area (Å²) >= 11 is 1.67. The van der Waals surface area contributed by atoms with Crippen molar-refractivity contribution in [3.05, 3.63) is 39.8 Å². The molecule has 2 N–H and O–H groups in total. The number of methoxy groups -OCH3 is 1. The topological polar surface area (TPSA) is 57.4 Å². The molecule has 1 aromatic heterocycles. The van der Waals surface area contributed by atoms with Crippen molar-refractivity contribution in [1.29, 1.82) is 0 Å². The molecule has 0 bridgehead atoms. The van der Waals surface area contributed by atoms with Gasteiger partial charge in [-0.3, -0.25) is 0 Å². The van der Waals surface area contributed by atoms with Crippen LogP contribution in [0.3, 0.4) is 0 Å². The number of rotatable bonds is 6. The molecule has 19 heavy (non-hydrogen) atoms. The van der Waals surface area contributed by atoms with Crippen molar-refractivity contribution in [3.63, 3.8) is 0 Å². The van der Waals surface area contributed by atoms with Crippen LogP contribution in [0.25, 0.3) is 0 Å². The highest BCUT2D eigenvalue weighted by molar-refractivity contribution is 7.09. The molecule has 0 amide bonds. The fourth-order valence-corrected chi connectivity index (χ4v) is 2.56. The number of thiazole rings is 1. The molecule has 1 heterocycles. The largest absolute Gasteiger partial charge is 0.496 e. The van der Waals surface area contributed by atoms with Gasteiger partial charge in [0.05, 0.1) is 31.5 Å². The number of ether oxygens (including phenoxy) is 2. The van der Waals surface area contributed by atoms with Crippen LogP contribution in [-0.4, -0.2) is 18.7 Å². The smallest absolute Gasteiger partial charge is 0.126 e. The molecule has 0 aliphatic rings. The van der Waals surface area contributed by atoms with Gasteiger partial charge >= 0.3 is 0 Å². The molecule has 4 nitrogen and oxygen atoms in total. The van der Waals surface area contributed by atoms with Crippen LogP contribution in [0.4, 0.5) is 5.69 Å². The summed E-state index contributed by atoms with van der Waals surface area (Å²) in [6, 6.07) is 5.60. The van der Waals surface area contributed by atoms with E-state index in [-0.39, 0.29) is 0 Å². The molecule has 0 aliphatic heterocycles. The van der Waals surface area contributed by atoms with Gasteiger partial charge in [0.25, 0.3) is 0 Å². The lowest BCUT2D eigenvalue weighted by molar-refractivity contribution is 0.122. The summed E-state index contributed by atoms with van der Waals surface area (Å²) in [6.07, 6.45) is 0.897. The average molecular weight is 278 g/mol. The van der Waals surface area contributed by atoms with E-state index in [1.54, 1.807) is 18.4 Å². The fraction of sp³-hybridized carbons (Fsp3) is 0.357. The molecule has 0 unspecified atom stereocenters. The minimum atomic E-state index is 0.529. The summed E-state index contributed by atoms with van der Waals surface area (Å²) < 4.78 is 11.0. The first-order valence-corrected chi connectivity index (χ1v) is 6.97. The normalized spacial score (nSPS) is 10.6. The molecular weight excluding hydrogens is 260 g/mol. The van der Waals surface area contributed by atoms with Crippen LogP contribution in [0.2, 0.25) is 0 Å². The van der Waals surface area contributed by atoms with E-state index in [0.717, 1.165) is 23.4 Å². The zero-order valence-corrected chi connectivity index (χ0v) is 12.0. The van der Waals surface area contributed by atoms with E-state index in [9.17, 15) is 0 Å². The number of nitrogens with zero attached hydrogens (tertiary/aromatic N) is 1. The molecule has 5 heteroatoms. The summed E-state index contributed by atoms with van der Waals surface area (Å²) in [6.45, 7) is 3.23. The predicted octanol–water partition coefficient (Wildman–Crippen LogP) is 2.80. The van der Waals surface area contributed by atoms with Gasteiger partial charge in [-0.2, -0.15) is 0 Å². The molecule has 0 aliphatic carbocycles. The number of aryl methyl sites for hydroxylation is 1. The van der Waals surface area contributed by atoms with Crippen LogP contribution in [0.5, 0.6) is 5.75 Å². The van der Waals surface area contributed by atoms with E-state index in [1.807, 2.05) is 30.6 Å². The van der Waals surface area contributed by atoms with Gasteiger partial charge in [0, 0.05) is 28.6 Å². The van der Waals surface area contributed by atoms with Crippen molar-refractivity contribution < 1.29 is 9.47 Å². The SMILES string of the molecule is COc1cc(N)ccc1COCCc1scnc1C. The zero-order valence-electron chi connectivity index (χ0n) is 11.2. The third-order valence-corrected chi connectivity index (χ3v) is 3.88. The molecule has 0 radical (unpaired) electrons. The third kappa shape index (κ3) is 3.68. The molecular formula is C14H18N2O2S. The van der Waals surface area contributed by atoms with Crippen molar-refractivity contribution >= 4 is 17.0 Å². The van der Waals surface area contributed by atoms with Crippen molar-refractivity contribution in [2.75, 3.05) is 19.5 Å². The Balaban J connectivity index is 1.84. The monoisotopic (exact) mass is 278 g/mol. The number of hydrogen-bond donors (Lipinski definition) is 1. The van der Waals surface area contributed by atoms with E-state index < -0.39 is 0 Å². The van der Waals surface area contributed by atoms with Crippen LogP contribution in [0.15, 0.2) is 23.7 Å². The van der Waals surface area contributed by atoms with E-state index in [1.165, 1.54) is 4.88 Å². The van der Waals surface area contributed by atoms with E-state index in [0.29, 0.717) is 18.9 Å². The Morgan fingerprint density at radius 3 is 2.89 bits per heavy atom. The lowest BCUT2D eigenvalue weighted by Crippen LogP contribution is -2.01. The van der Waals surface area contributed by atoms with Gasteiger partial charge in [-0.25, -0.2) is 4.98 Å². The Bertz CT molecular complexity index is 540. The van der Waals surface area contributed by atoms with Crippen LogP contribution in [0, 0.1) is 6.92 Å². The first-order chi connectivity index (χ1) is 9.20. The third-order valence-electron chi connectivity index (χ3n) is 2.89. The molecule has 102 valence electrons. The first kappa shape index (κ1) is 13.8. The van der Waals surface area contributed by atoms with Gasteiger partial charge in [-0.05, 0) is 13.0 Å². The van der Waals surface area contributed by atoms with Gasteiger partial charge in [-0.1, -0.05) is 6.07 Å². The van der Waals surface area contributed by atoms with Crippen molar-refractivity contribution in [1.82, 2.24) is 4.98 Å². The number of hydrogen-bond acceptors (Lipinski definition) is 5. The van der Waals surface area contributed by atoms with E-state index in [2.05, 4.69) is 4.98 Å². The average Bonchev–Trinajstić information content (AvgIpc) is 2.81. The fourth-order valence-electron chi connectivity index (χ4n) is 1.79. The highest BCUT2D eigenvalue weighted by Crippen LogP contribution is 2.22. The van der Waals surface area contributed by atoms with E-state index in [4.69, 9.17) is 15.2 Å². The molecule has 2 aromatic rings. The van der Waals surface area contributed by atoms with Gasteiger partial charge < -0.3 is 15.2 Å². The lowest BCUT2D eigenvalue weighted by atomic mass is 10.2. The second kappa shape index (κ2) is 6.54. The summed E-state index contributed by atoms with van der Waals surface area (Å²) in [4.78, 5) is 5.50. The standard InChI is InChI=1S/C14H18N2O2S/c1-10-14(19-9-16-10)5-6-18-8-11-3-4-12(15)7-13(11)17-2/h3-4,7,9H,5-6,8,15H2,1-2H3. The first-order valence-electron chi connectivity index (χ1n) is 6.10. The van der Waals surface area contributed by atoms with Crippen molar-refractivity contribution in [2.24, 2.45) is 0 Å². The van der Waals surface area contributed by atoms with Gasteiger partial charge in [0.2, 0.25) is 0 Å².